The first-order chi connectivity index (χ1) is 7.68. The average Bonchev–Trinajstić information content (AvgIpc) is 2.85. The van der Waals surface area contributed by atoms with Gasteiger partial charge in [-0.05, 0) is 25.7 Å². The quantitative estimate of drug-likeness (QED) is 0.844. The highest BCUT2D eigenvalue weighted by atomic mass is 16.6. The van der Waals surface area contributed by atoms with Crippen molar-refractivity contribution < 1.29 is 14.5 Å². The summed E-state index contributed by atoms with van der Waals surface area (Å²) < 4.78 is 4.60. The Morgan fingerprint density at radius 2 is 2.19 bits per heavy atom. The van der Waals surface area contributed by atoms with Crippen molar-refractivity contribution in [1.82, 2.24) is 10.3 Å². The number of hydrogen-bond donors (Lipinski definition) is 1. The molecular weight excluding hydrogens is 208 g/mol. The zero-order chi connectivity index (χ0) is 11.5. The molecule has 1 aromatic rings. The van der Waals surface area contributed by atoms with Crippen LogP contribution in [-0.2, 0) is 11.2 Å². The molecule has 5 heteroatoms. The summed E-state index contributed by atoms with van der Waals surface area (Å²) >= 11 is 0. The standard InChI is InChI=1S/C11H16N2O3/c1-7-10(13-16-12-7)6-9(11(14)15)8-4-2-3-5-8/h8-9H,2-6H2,1H3,(H,14,15). The van der Waals surface area contributed by atoms with Gasteiger partial charge in [0.15, 0.2) is 0 Å². The van der Waals surface area contributed by atoms with Gasteiger partial charge in [0, 0.05) is 6.42 Å². The van der Waals surface area contributed by atoms with E-state index in [0.717, 1.165) is 25.7 Å². The molecule has 1 heterocycles. The summed E-state index contributed by atoms with van der Waals surface area (Å²) in [5.74, 6) is -0.781. The third-order valence-corrected chi connectivity index (χ3v) is 3.45. The third-order valence-electron chi connectivity index (χ3n) is 3.45. The molecule has 1 aromatic heterocycles. The molecule has 1 saturated carbocycles. The second kappa shape index (κ2) is 4.63. The van der Waals surface area contributed by atoms with Crippen LogP contribution in [0.25, 0.3) is 0 Å². The Morgan fingerprint density at radius 3 is 2.69 bits per heavy atom. The number of nitrogens with zero attached hydrogens (tertiary/aromatic N) is 2. The number of aryl methyl sites for hydroxylation is 1. The summed E-state index contributed by atoms with van der Waals surface area (Å²) in [6.45, 7) is 1.79. The molecule has 0 saturated heterocycles. The van der Waals surface area contributed by atoms with Crippen LogP contribution in [0.1, 0.15) is 37.1 Å². The van der Waals surface area contributed by atoms with E-state index in [-0.39, 0.29) is 11.8 Å². The molecular formula is C11H16N2O3. The first-order valence-corrected chi connectivity index (χ1v) is 5.69. The van der Waals surface area contributed by atoms with Crippen molar-refractivity contribution in [3.63, 3.8) is 0 Å². The van der Waals surface area contributed by atoms with E-state index < -0.39 is 5.97 Å². The molecule has 0 amide bonds. The molecule has 0 bridgehead atoms. The number of rotatable bonds is 4. The van der Waals surface area contributed by atoms with Crippen LogP contribution < -0.4 is 0 Å². The summed E-state index contributed by atoms with van der Waals surface area (Å²) in [4.78, 5) is 11.2. The van der Waals surface area contributed by atoms with Crippen molar-refractivity contribution in [3.05, 3.63) is 11.4 Å². The van der Waals surface area contributed by atoms with Gasteiger partial charge in [0.2, 0.25) is 0 Å². The van der Waals surface area contributed by atoms with E-state index >= 15 is 0 Å². The Balaban J connectivity index is 2.08. The number of carboxylic acid groups (broad SMARTS) is 1. The normalized spacial score (nSPS) is 18.8. The lowest BCUT2D eigenvalue weighted by Crippen LogP contribution is -2.24. The predicted molar refractivity (Wildman–Crippen MR) is 55.8 cm³/mol. The molecule has 2 rings (SSSR count). The number of carbonyl (C=O) groups is 1. The van der Waals surface area contributed by atoms with Crippen LogP contribution in [0.4, 0.5) is 0 Å². The topological polar surface area (TPSA) is 76.2 Å². The predicted octanol–water partition coefficient (Wildman–Crippen LogP) is 1.81. The van der Waals surface area contributed by atoms with Gasteiger partial charge in [-0.2, -0.15) is 0 Å². The van der Waals surface area contributed by atoms with Gasteiger partial charge in [0.1, 0.15) is 11.4 Å². The molecule has 88 valence electrons. The zero-order valence-corrected chi connectivity index (χ0v) is 9.35. The fourth-order valence-corrected chi connectivity index (χ4v) is 2.46. The lowest BCUT2D eigenvalue weighted by molar-refractivity contribution is -0.143. The molecule has 1 N–H and O–H groups in total. The first kappa shape index (κ1) is 11.1. The van der Waals surface area contributed by atoms with Crippen molar-refractivity contribution in [2.45, 2.75) is 39.0 Å². The Kier molecular flexibility index (Phi) is 3.22. The fraction of sp³-hybridized carbons (Fsp3) is 0.727. The summed E-state index contributed by atoms with van der Waals surface area (Å²) in [6, 6.07) is 0. The number of aromatic nitrogens is 2. The third kappa shape index (κ3) is 2.23. The van der Waals surface area contributed by atoms with Crippen molar-refractivity contribution >= 4 is 5.97 Å². The lowest BCUT2D eigenvalue weighted by atomic mass is 9.87. The Bertz CT molecular complexity index is 369. The van der Waals surface area contributed by atoms with Crippen molar-refractivity contribution in [3.8, 4) is 0 Å². The van der Waals surface area contributed by atoms with Crippen LogP contribution in [-0.4, -0.2) is 21.4 Å². The van der Waals surface area contributed by atoms with Crippen LogP contribution in [0.5, 0.6) is 0 Å². The van der Waals surface area contributed by atoms with Gasteiger partial charge in [0.05, 0.1) is 5.92 Å². The monoisotopic (exact) mass is 224 g/mol. The molecule has 0 aliphatic heterocycles. The Hall–Kier alpha value is -1.39. The van der Waals surface area contributed by atoms with E-state index in [0.29, 0.717) is 17.8 Å². The Morgan fingerprint density at radius 1 is 1.50 bits per heavy atom. The van der Waals surface area contributed by atoms with Crippen LogP contribution in [0.3, 0.4) is 0 Å². The van der Waals surface area contributed by atoms with Crippen LogP contribution >= 0.6 is 0 Å². The molecule has 0 radical (unpaired) electrons. The highest BCUT2D eigenvalue weighted by Crippen LogP contribution is 2.33. The van der Waals surface area contributed by atoms with E-state index in [9.17, 15) is 9.90 Å². The largest absolute Gasteiger partial charge is 0.481 e. The maximum absolute atomic E-state index is 11.2. The van der Waals surface area contributed by atoms with Gasteiger partial charge in [-0.25, -0.2) is 4.63 Å². The second-order valence-corrected chi connectivity index (χ2v) is 4.49. The molecule has 1 fully saturated rings. The minimum Gasteiger partial charge on any atom is -0.481 e. The van der Waals surface area contributed by atoms with E-state index in [2.05, 4.69) is 14.9 Å². The average molecular weight is 224 g/mol. The molecule has 0 spiro atoms. The molecule has 1 unspecified atom stereocenters. The smallest absolute Gasteiger partial charge is 0.307 e. The zero-order valence-electron chi connectivity index (χ0n) is 9.35. The Labute approximate surface area is 93.8 Å². The minimum atomic E-state index is -0.727. The van der Waals surface area contributed by atoms with Gasteiger partial charge in [-0.15, -0.1) is 0 Å². The minimum absolute atomic E-state index is 0.286. The summed E-state index contributed by atoms with van der Waals surface area (Å²) in [5, 5.41) is 16.7. The molecule has 16 heavy (non-hydrogen) atoms. The maximum Gasteiger partial charge on any atom is 0.307 e. The SMILES string of the molecule is Cc1nonc1CC(C(=O)O)C1CCCC1. The van der Waals surface area contributed by atoms with E-state index in [1.165, 1.54) is 0 Å². The number of hydrogen-bond acceptors (Lipinski definition) is 4. The lowest BCUT2D eigenvalue weighted by Gasteiger charge is -2.17. The number of aliphatic carboxylic acids is 1. The van der Waals surface area contributed by atoms with Gasteiger partial charge < -0.3 is 5.11 Å². The van der Waals surface area contributed by atoms with Crippen molar-refractivity contribution in [2.75, 3.05) is 0 Å². The first-order valence-electron chi connectivity index (χ1n) is 5.69. The van der Waals surface area contributed by atoms with Gasteiger partial charge in [0.25, 0.3) is 0 Å². The summed E-state index contributed by atoms with van der Waals surface area (Å²) in [7, 11) is 0. The van der Waals surface area contributed by atoms with E-state index in [1.54, 1.807) is 6.92 Å². The highest BCUT2D eigenvalue weighted by molar-refractivity contribution is 5.70. The van der Waals surface area contributed by atoms with E-state index in [4.69, 9.17) is 0 Å². The maximum atomic E-state index is 11.2. The van der Waals surface area contributed by atoms with Gasteiger partial charge in [-0.3, -0.25) is 4.79 Å². The molecule has 0 aromatic carbocycles. The van der Waals surface area contributed by atoms with Crippen LogP contribution in [0, 0.1) is 18.8 Å². The van der Waals surface area contributed by atoms with E-state index in [1.807, 2.05) is 0 Å². The second-order valence-electron chi connectivity index (χ2n) is 4.49. The fourth-order valence-electron chi connectivity index (χ4n) is 2.46. The summed E-state index contributed by atoms with van der Waals surface area (Å²) in [6.07, 6.45) is 4.76. The number of carboxylic acids is 1. The van der Waals surface area contributed by atoms with Crippen LogP contribution in [0.15, 0.2) is 4.63 Å². The van der Waals surface area contributed by atoms with Crippen molar-refractivity contribution in [2.24, 2.45) is 11.8 Å². The molecule has 5 nitrogen and oxygen atoms in total. The van der Waals surface area contributed by atoms with Gasteiger partial charge in [-0.1, -0.05) is 23.2 Å². The van der Waals surface area contributed by atoms with Gasteiger partial charge >= 0.3 is 5.97 Å². The molecule has 1 aliphatic carbocycles. The highest BCUT2D eigenvalue weighted by Gasteiger charge is 2.31. The molecule has 1 atom stereocenters. The summed E-state index contributed by atoms with van der Waals surface area (Å²) in [5.41, 5.74) is 1.38. The van der Waals surface area contributed by atoms with Crippen LogP contribution in [0.2, 0.25) is 0 Å². The molecule has 1 aliphatic rings. The van der Waals surface area contributed by atoms with Crippen molar-refractivity contribution in [1.29, 1.82) is 0 Å².